The Morgan fingerprint density at radius 3 is 2.85 bits per heavy atom. The first-order valence-electron chi connectivity index (χ1n) is 7.61. The molecule has 1 N–H and O–H groups in total. The van der Waals surface area contributed by atoms with Crippen LogP contribution in [0.4, 0.5) is 0 Å². The summed E-state index contributed by atoms with van der Waals surface area (Å²) < 4.78 is 6.95. The highest BCUT2D eigenvalue weighted by atomic mass is 79.9. The highest BCUT2D eigenvalue weighted by Crippen LogP contribution is 2.33. The van der Waals surface area contributed by atoms with E-state index in [1.54, 1.807) is 0 Å². The maximum Gasteiger partial charge on any atom is 0.119 e. The Kier molecular flexibility index (Phi) is 4.64. The van der Waals surface area contributed by atoms with Crippen LogP contribution in [0.5, 0.6) is 5.75 Å². The van der Waals surface area contributed by atoms with Gasteiger partial charge in [-0.2, -0.15) is 0 Å². The molecule has 0 amide bonds. The first-order chi connectivity index (χ1) is 9.78. The Morgan fingerprint density at radius 1 is 1.30 bits per heavy atom. The molecular weight excluding hydrogens is 316 g/mol. The molecule has 3 unspecified atom stereocenters. The number of ether oxygens (including phenoxy) is 1. The number of likely N-dealkylation sites (tertiary alicyclic amines) is 1. The molecule has 0 bridgehead atoms. The Labute approximate surface area is 129 Å². The fourth-order valence-electron chi connectivity index (χ4n) is 3.74. The van der Waals surface area contributed by atoms with E-state index in [4.69, 9.17) is 4.74 Å². The maximum absolute atomic E-state index is 5.86. The van der Waals surface area contributed by atoms with Gasteiger partial charge in [0.1, 0.15) is 12.4 Å². The molecule has 1 aromatic carbocycles. The summed E-state index contributed by atoms with van der Waals surface area (Å²) in [6.45, 7) is 7.78. The van der Waals surface area contributed by atoms with Crippen molar-refractivity contribution in [3.05, 3.63) is 28.7 Å². The van der Waals surface area contributed by atoms with Gasteiger partial charge in [0.2, 0.25) is 0 Å². The Balaban J connectivity index is 1.49. The summed E-state index contributed by atoms with van der Waals surface area (Å²) in [6, 6.07) is 8.82. The van der Waals surface area contributed by atoms with Gasteiger partial charge in [-0.25, -0.2) is 0 Å². The first kappa shape index (κ1) is 14.4. The summed E-state index contributed by atoms with van der Waals surface area (Å²) in [5.74, 6) is 2.67. The monoisotopic (exact) mass is 338 g/mol. The molecule has 2 saturated heterocycles. The minimum Gasteiger partial charge on any atom is -0.492 e. The number of nitrogens with zero attached hydrogens (tertiary/aromatic N) is 1. The van der Waals surface area contributed by atoms with Gasteiger partial charge in [-0.15, -0.1) is 0 Å². The van der Waals surface area contributed by atoms with Crippen molar-refractivity contribution in [1.82, 2.24) is 10.2 Å². The van der Waals surface area contributed by atoms with Crippen LogP contribution in [0, 0.1) is 11.8 Å². The minimum absolute atomic E-state index is 0.739. The van der Waals surface area contributed by atoms with E-state index in [9.17, 15) is 0 Å². The van der Waals surface area contributed by atoms with Crippen LogP contribution in [0.15, 0.2) is 28.7 Å². The molecule has 0 aliphatic carbocycles. The zero-order chi connectivity index (χ0) is 13.9. The lowest BCUT2D eigenvalue weighted by molar-refractivity contribution is 0.176. The number of nitrogens with one attached hydrogen (secondary N) is 1. The van der Waals surface area contributed by atoms with Gasteiger partial charge in [0.25, 0.3) is 0 Å². The lowest BCUT2D eigenvalue weighted by Gasteiger charge is -2.26. The number of hydrogen-bond acceptors (Lipinski definition) is 3. The zero-order valence-corrected chi connectivity index (χ0v) is 13.6. The molecule has 1 aromatic rings. The Morgan fingerprint density at radius 2 is 2.10 bits per heavy atom. The van der Waals surface area contributed by atoms with E-state index in [-0.39, 0.29) is 0 Å². The molecule has 0 radical (unpaired) electrons. The van der Waals surface area contributed by atoms with Crippen molar-refractivity contribution in [2.75, 3.05) is 32.8 Å². The number of fused-ring (bicyclic) bond motifs is 1. The molecule has 2 aliphatic rings. The van der Waals surface area contributed by atoms with Crippen LogP contribution in [0.2, 0.25) is 0 Å². The molecule has 0 aromatic heterocycles. The topological polar surface area (TPSA) is 24.5 Å². The second-order valence-electron chi connectivity index (χ2n) is 5.86. The van der Waals surface area contributed by atoms with Gasteiger partial charge in [-0.3, -0.25) is 4.90 Å². The van der Waals surface area contributed by atoms with E-state index in [1.165, 1.54) is 26.1 Å². The van der Waals surface area contributed by atoms with E-state index < -0.39 is 0 Å². The molecule has 4 heteroatoms. The van der Waals surface area contributed by atoms with E-state index in [0.29, 0.717) is 0 Å². The van der Waals surface area contributed by atoms with Crippen molar-refractivity contribution in [2.45, 2.75) is 19.4 Å². The Hall–Kier alpha value is -0.580. The Bertz CT molecular complexity index is 437. The molecule has 2 aliphatic heterocycles. The lowest BCUT2D eigenvalue weighted by atomic mass is 9.93. The zero-order valence-electron chi connectivity index (χ0n) is 12.0. The molecule has 2 heterocycles. The normalized spacial score (nSPS) is 29.6. The van der Waals surface area contributed by atoms with Crippen LogP contribution in [0.1, 0.15) is 13.3 Å². The minimum atomic E-state index is 0.739. The third-order valence-corrected chi connectivity index (χ3v) is 5.23. The first-order valence-corrected chi connectivity index (χ1v) is 8.40. The molecule has 110 valence electrons. The summed E-state index contributed by atoms with van der Waals surface area (Å²) in [6.07, 6.45) is 1.25. The van der Waals surface area contributed by atoms with Crippen molar-refractivity contribution in [3.8, 4) is 5.75 Å². The predicted molar refractivity (Wildman–Crippen MR) is 85.1 cm³/mol. The summed E-state index contributed by atoms with van der Waals surface area (Å²) >= 11 is 3.44. The van der Waals surface area contributed by atoms with Crippen LogP contribution >= 0.6 is 15.9 Å². The number of halogens is 1. The van der Waals surface area contributed by atoms with Crippen LogP contribution in [-0.4, -0.2) is 43.7 Å². The van der Waals surface area contributed by atoms with Crippen LogP contribution in [0.25, 0.3) is 0 Å². The van der Waals surface area contributed by atoms with Gasteiger partial charge >= 0.3 is 0 Å². The third-order valence-electron chi connectivity index (χ3n) is 4.70. The molecule has 3 rings (SSSR count). The molecule has 0 saturated carbocycles. The second kappa shape index (κ2) is 6.46. The van der Waals surface area contributed by atoms with Gasteiger partial charge in [0, 0.05) is 23.6 Å². The van der Waals surface area contributed by atoms with E-state index in [0.717, 1.165) is 41.3 Å². The van der Waals surface area contributed by atoms with Crippen molar-refractivity contribution in [2.24, 2.45) is 11.8 Å². The third kappa shape index (κ3) is 3.02. The highest BCUT2D eigenvalue weighted by molar-refractivity contribution is 9.10. The van der Waals surface area contributed by atoms with Crippen LogP contribution in [-0.2, 0) is 0 Å². The fourth-order valence-corrected chi connectivity index (χ4v) is 4.00. The highest BCUT2D eigenvalue weighted by Gasteiger charge is 2.42. The SMILES string of the molecule is CCC1C2CNCC2CN1CCOc1ccc(Br)cc1. The molecule has 3 nitrogen and oxygen atoms in total. The quantitative estimate of drug-likeness (QED) is 0.893. The number of hydrogen-bond donors (Lipinski definition) is 1. The van der Waals surface area contributed by atoms with Crippen molar-refractivity contribution in [1.29, 1.82) is 0 Å². The second-order valence-corrected chi connectivity index (χ2v) is 6.77. The molecule has 20 heavy (non-hydrogen) atoms. The summed E-state index contributed by atoms with van der Waals surface area (Å²) in [5.41, 5.74) is 0. The lowest BCUT2D eigenvalue weighted by Crippen LogP contribution is -2.37. The molecule has 2 fully saturated rings. The van der Waals surface area contributed by atoms with Gasteiger partial charge in [-0.1, -0.05) is 22.9 Å². The van der Waals surface area contributed by atoms with Crippen LogP contribution in [0.3, 0.4) is 0 Å². The number of benzene rings is 1. The van der Waals surface area contributed by atoms with Gasteiger partial charge in [-0.05, 0) is 55.6 Å². The summed E-state index contributed by atoms with van der Waals surface area (Å²) in [5, 5.41) is 3.53. The van der Waals surface area contributed by atoms with Crippen LogP contribution < -0.4 is 10.1 Å². The van der Waals surface area contributed by atoms with Gasteiger partial charge in [0.15, 0.2) is 0 Å². The smallest absolute Gasteiger partial charge is 0.119 e. The van der Waals surface area contributed by atoms with Gasteiger partial charge in [0.05, 0.1) is 0 Å². The fraction of sp³-hybridized carbons (Fsp3) is 0.625. The van der Waals surface area contributed by atoms with Crippen molar-refractivity contribution in [3.63, 3.8) is 0 Å². The van der Waals surface area contributed by atoms with Crippen molar-refractivity contribution < 1.29 is 4.74 Å². The van der Waals surface area contributed by atoms with Gasteiger partial charge < -0.3 is 10.1 Å². The largest absolute Gasteiger partial charge is 0.492 e. The van der Waals surface area contributed by atoms with Crippen molar-refractivity contribution >= 4 is 15.9 Å². The molecular formula is C16H23BrN2O. The number of rotatable bonds is 5. The van der Waals surface area contributed by atoms with E-state index >= 15 is 0 Å². The maximum atomic E-state index is 5.86. The van der Waals surface area contributed by atoms with E-state index in [2.05, 4.69) is 33.1 Å². The average molecular weight is 339 g/mol. The summed E-state index contributed by atoms with van der Waals surface area (Å²) in [4.78, 5) is 2.63. The van der Waals surface area contributed by atoms with E-state index in [1.807, 2.05) is 24.3 Å². The molecule has 0 spiro atoms. The standard InChI is InChI=1S/C16H23BrN2O/c1-2-16-15-10-18-9-12(15)11-19(16)7-8-20-14-5-3-13(17)4-6-14/h3-6,12,15-16,18H,2,7-11H2,1H3. The predicted octanol–water partition coefficient (Wildman–Crippen LogP) is 2.76. The average Bonchev–Trinajstić information content (AvgIpc) is 3.01. The molecule has 3 atom stereocenters. The summed E-state index contributed by atoms with van der Waals surface area (Å²) in [7, 11) is 0.